The number of benzene rings is 1. The molecule has 2 heterocycles. The standard InChI is InChI=1S/C17H20F2N4O.2C2H6.CHF3O/c1-11(17(24)23-7-3-2-4-8-23)22-16-13-6-5-12(15(18)19)9-14(13)20-10-21-16;2*1-2;2-1(3,4)5/h5-6,9-11,15H,2-4,7-8H2,1H3,(H,20,21,22);2*1-2H3;5H/t11-;;;/m1.../s1. The minimum atomic E-state index is -5.00. The number of carbonyl (C=O) groups is 1. The number of hydrogen-bond donors (Lipinski definition) is 2. The van der Waals surface area contributed by atoms with Crippen LogP contribution in [-0.2, 0) is 4.79 Å². The lowest BCUT2D eigenvalue weighted by Gasteiger charge is -2.29. The van der Waals surface area contributed by atoms with Crippen LogP contribution < -0.4 is 5.32 Å². The third-order valence-corrected chi connectivity index (χ3v) is 4.30. The second-order valence-electron chi connectivity index (χ2n) is 6.52. The van der Waals surface area contributed by atoms with E-state index in [1.807, 2.05) is 32.6 Å². The molecule has 1 aliphatic rings. The molecule has 0 spiro atoms. The number of hydrogen-bond acceptors (Lipinski definition) is 5. The van der Waals surface area contributed by atoms with Crippen molar-refractivity contribution in [3.63, 3.8) is 0 Å². The fourth-order valence-corrected chi connectivity index (χ4v) is 2.98. The van der Waals surface area contributed by atoms with Gasteiger partial charge in [0.15, 0.2) is 0 Å². The van der Waals surface area contributed by atoms with Crippen LogP contribution in [0.15, 0.2) is 24.5 Å². The van der Waals surface area contributed by atoms with Gasteiger partial charge in [0, 0.05) is 24.0 Å². The molecule has 1 aromatic heterocycles. The summed E-state index contributed by atoms with van der Waals surface area (Å²) in [5.41, 5.74) is 0.354. The lowest BCUT2D eigenvalue weighted by atomic mass is 10.1. The third kappa shape index (κ3) is 11.2. The topological polar surface area (TPSA) is 78.4 Å². The van der Waals surface area contributed by atoms with E-state index in [4.69, 9.17) is 5.11 Å². The van der Waals surface area contributed by atoms with E-state index < -0.39 is 18.8 Å². The molecule has 1 aliphatic heterocycles. The van der Waals surface area contributed by atoms with Gasteiger partial charge in [-0.15, -0.1) is 13.2 Å². The van der Waals surface area contributed by atoms with E-state index in [0.29, 0.717) is 16.7 Å². The molecule has 0 unspecified atom stereocenters. The molecule has 11 heteroatoms. The fraction of sp³-hybridized carbons (Fsp3) is 0.591. The van der Waals surface area contributed by atoms with Gasteiger partial charge < -0.3 is 15.3 Å². The molecule has 1 amide bonds. The quantitative estimate of drug-likeness (QED) is 0.530. The minimum absolute atomic E-state index is 0.0330. The maximum Gasteiger partial charge on any atom is 0.519 e. The van der Waals surface area contributed by atoms with E-state index in [1.165, 1.54) is 18.5 Å². The van der Waals surface area contributed by atoms with Crippen molar-refractivity contribution < 1.29 is 31.9 Å². The maximum absolute atomic E-state index is 12.8. The van der Waals surface area contributed by atoms with Gasteiger partial charge in [0.05, 0.1) is 5.52 Å². The molecular formula is C22H33F5N4O2. The van der Waals surface area contributed by atoms with E-state index in [9.17, 15) is 26.7 Å². The summed E-state index contributed by atoms with van der Waals surface area (Å²) in [7, 11) is 0. The fourth-order valence-electron chi connectivity index (χ4n) is 2.98. The number of nitrogens with zero attached hydrogens (tertiary/aromatic N) is 3. The SMILES string of the molecule is CC.CC.C[C@@H](Nc1ncnc2cc(C(F)F)ccc12)C(=O)N1CCCCC1.OC(F)(F)F. The van der Waals surface area contributed by atoms with Crippen molar-refractivity contribution in [2.24, 2.45) is 0 Å². The molecule has 0 saturated carbocycles. The summed E-state index contributed by atoms with van der Waals surface area (Å²) in [6.07, 6.45) is -3.00. The number of fused-ring (bicyclic) bond motifs is 1. The van der Waals surface area contributed by atoms with Crippen molar-refractivity contribution in [2.75, 3.05) is 18.4 Å². The largest absolute Gasteiger partial charge is 0.519 e. The van der Waals surface area contributed by atoms with Gasteiger partial charge in [0.2, 0.25) is 5.91 Å². The third-order valence-electron chi connectivity index (χ3n) is 4.30. The van der Waals surface area contributed by atoms with Crippen molar-refractivity contribution in [1.82, 2.24) is 14.9 Å². The van der Waals surface area contributed by atoms with Crippen LogP contribution in [0.3, 0.4) is 0 Å². The van der Waals surface area contributed by atoms with Crippen LogP contribution in [0.5, 0.6) is 0 Å². The van der Waals surface area contributed by atoms with E-state index in [-0.39, 0.29) is 11.5 Å². The van der Waals surface area contributed by atoms with Gasteiger partial charge in [-0.05, 0) is 38.3 Å². The number of alkyl halides is 5. The molecule has 0 bridgehead atoms. The van der Waals surface area contributed by atoms with Gasteiger partial charge in [-0.1, -0.05) is 33.8 Å². The Bertz CT molecular complexity index is 822. The highest BCUT2D eigenvalue weighted by atomic mass is 19.4. The lowest BCUT2D eigenvalue weighted by Crippen LogP contribution is -2.44. The smallest absolute Gasteiger partial charge is 0.358 e. The van der Waals surface area contributed by atoms with Crippen molar-refractivity contribution >= 4 is 22.6 Å². The number of rotatable bonds is 4. The lowest BCUT2D eigenvalue weighted by molar-refractivity contribution is -0.295. The Labute approximate surface area is 191 Å². The first-order valence-electron chi connectivity index (χ1n) is 10.9. The molecule has 3 rings (SSSR count). The number of amides is 1. The summed E-state index contributed by atoms with van der Waals surface area (Å²) in [6, 6.07) is 3.84. The Morgan fingerprint density at radius 2 is 1.61 bits per heavy atom. The summed E-state index contributed by atoms with van der Waals surface area (Å²) in [5.74, 6) is 0.518. The number of aromatic nitrogens is 2. The highest BCUT2D eigenvalue weighted by molar-refractivity contribution is 5.92. The minimum Gasteiger partial charge on any atom is -0.358 e. The molecular weight excluding hydrogens is 447 g/mol. The maximum atomic E-state index is 12.8. The Kier molecular flexibility index (Phi) is 14.1. The van der Waals surface area contributed by atoms with Gasteiger partial charge in [0.25, 0.3) is 6.43 Å². The van der Waals surface area contributed by atoms with E-state index in [2.05, 4.69) is 15.3 Å². The zero-order chi connectivity index (χ0) is 25.6. The summed E-state index contributed by atoms with van der Waals surface area (Å²) < 4.78 is 55.3. The normalized spacial score (nSPS) is 14.1. The number of piperidine rings is 1. The Morgan fingerprint density at radius 3 is 2.12 bits per heavy atom. The average molecular weight is 481 g/mol. The first-order chi connectivity index (χ1) is 15.6. The molecule has 6 nitrogen and oxygen atoms in total. The zero-order valence-electron chi connectivity index (χ0n) is 19.6. The van der Waals surface area contributed by atoms with Crippen molar-refractivity contribution in [3.05, 3.63) is 30.1 Å². The van der Waals surface area contributed by atoms with Gasteiger partial charge >= 0.3 is 6.36 Å². The molecule has 0 radical (unpaired) electrons. The van der Waals surface area contributed by atoms with Crippen molar-refractivity contribution in [2.45, 2.75) is 72.7 Å². The molecule has 1 aromatic carbocycles. The Balaban J connectivity index is 0.000000991. The molecule has 33 heavy (non-hydrogen) atoms. The molecule has 188 valence electrons. The second-order valence-corrected chi connectivity index (χ2v) is 6.52. The summed E-state index contributed by atoms with van der Waals surface area (Å²) in [5, 5.41) is 10.2. The van der Waals surface area contributed by atoms with Crippen LogP contribution in [0.2, 0.25) is 0 Å². The molecule has 0 aliphatic carbocycles. The van der Waals surface area contributed by atoms with E-state index >= 15 is 0 Å². The second kappa shape index (κ2) is 15.3. The molecule has 2 aromatic rings. The van der Waals surface area contributed by atoms with E-state index in [0.717, 1.165) is 32.4 Å². The number of anilines is 1. The van der Waals surface area contributed by atoms with Crippen LogP contribution in [0.1, 0.15) is 65.9 Å². The van der Waals surface area contributed by atoms with Crippen molar-refractivity contribution in [1.29, 1.82) is 0 Å². The number of nitrogens with one attached hydrogen (secondary N) is 1. The van der Waals surface area contributed by atoms with Gasteiger partial charge in [0.1, 0.15) is 18.2 Å². The van der Waals surface area contributed by atoms with Gasteiger partial charge in [-0.25, -0.2) is 18.7 Å². The number of carbonyl (C=O) groups excluding carboxylic acids is 1. The summed E-state index contributed by atoms with van der Waals surface area (Å²) >= 11 is 0. The number of halogens is 5. The van der Waals surface area contributed by atoms with E-state index in [1.54, 1.807) is 13.0 Å². The molecule has 2 N–H and O–H groups in total. The summed E-state index contributed by atoms with van der Waals surface area (Å²) in [4.78, 5) is 22.6. The van der Waals surface area contributed by atoms with Gasteiger partial charge in [-0.2, -0.15) is 0 Å². The van der Waals surface area contributed by atoms with Crippen LogP contribution >= 0.6 is 0 Å². The highest BCUT2D eigenvalue weighted by Gasteiger charge is 2.23. The summed E-state index contributed by atoms with van der Waals surface area (Å²) in [6.45, 7) is 11.4. The van der Waals surface area contributed by atoms with Crippen molar-refractivity contribution in [3.8, 4) is 0 Å². The molecule has 1 atom stereocenters. The Hall–Kier alpha value is -2.56. The molecule has 1 fully saturated rings. The van der Waals surface area contributed by atoms with Crippen LogP contribution in [0.4, 0.5) is 27.8 Å². The Morgan fingerprint density at radius 1 is 1.06 bits per heavy atom. The first-order valence-corrected chi connectivity index (χ1v) is 10.9. The van der Waals surface area contributed by atoms with Crippen LogP contribution in [0.25, 0.3) is 10.9 Å². The number of likely N-dealkylation sites (tertiary alicyclic amines) is 1. The predicted octanol–water partition coefficient (Wildman–Crippen LogP) is 5.93. The molecule has 1 saturated heterocycles. The monoisotopic (exact) mass is 480 g/mol. The van der Waals surface area contributed by atoms with Gasteiger partial charge in [-0.3, -0.25) is 4.79 Å². The number of aliphatic hydroxyl groups is 1. The zero-order valence-corrected chi connectivity index (χ0v) is 19.6. The first kappa shape index (κ1) is 30.4. The highest BCUT2D eigenvalue weighted by Crippen LogP contribution is 2.26. The average Bonchev–Trinajstić information content (AvgIpc) is 2.80. The van der Waals surface area contributed by atoms with Crippen LogP contribution in [-0.4, -0.2) is 51.4 Å². The van der Waals surface area contributed by atoms with Crippen LogP contribution in [0, 0.1) is 0 Å². The predicted molar refractivity (Wildman–Crippen MR) is 119 cm³/mol.